The zero-order valence-electron chi connectivity index (χ0n) is 34.0. The van der Waals surface area contributed by atoms with Gasteiger partial charge in [-0.1, -0.05) is 58.0 Å². The average molecular weight is 758 g/mol. The number of hydrogen-bond donors (Lipinski definition) is 1. The number of likely N-dealkylation sites (tertiary alicyclic amines) is 1. The van der Waals surface area contributed by atoms with Crippen LogP contribution in [-0.4, -0.2) is 138 Å². The number of carbonyl (C=O) groups excluding carboxylic acids is 4. The Labute approximate surface area is 320 Å². The molecule has 0 aromatic heterocycles. The first-order valence-electron chi connectivity index (χ1n) is 19.6. The summed E-state index contributed by atoms with van der Waals surface area (Å²) in [4.78, 5) is 62.7. The number of methoxy groups -OCH3 is 1. The third-order valence-corrected chi connectivity index (χ3v) is 12.7. The Morgan fingerprint density at radius 3 is 2.20 bits per heavy atom. The minimum atomic E-state index is -1.38. The number of amides is 1. The topological polar surface area (TPSA) is 144 Å². The van der Waals surface area contributed by atoms with E-state index in [2.05, 4.69) is 17.0 Å². The van der Waals surface area contributed by atoms with Crippen LogP contribution in [0, 0.1) is 23.7 Å². The van der Waals surface area contributed by atoms with Gasteiger partial charge in [0, 0.05) is 50.5 Å². The summed E-state index contributed by atoms with van der Waals surface area (Å²) < 4.78 is 31.3. The molecule has 1 N–H and O–H groups in total. The molecule has 1 amide bonds. The van der Waals surface area contributed by atoms with Gasteiger partial charge in [-0.05, 0) is 66.6 Å². The van der Waals surface area contributed by atoms with Crippen molar-refractivity contribution in [2.24, 2.45) is 23.7 Å². The highest BCUT2D eigenvalue weighted by atomic mass is 16.7. The van der Waals surface area contributed by atoms with Gasteiger partial charge < -0.3 is 33.7 Å². The first kappa shape index (κ1) is 42.2. The number of aliphatic hydroxyl groups excluding tert-OH is 1. The molecule has 302 valence electrons. The molecule has 13 atom stereocenters. The van der Waals surface area contributed by atoms with Gasteiger partial charge in [-0.15, -0.1) is 0 Å². The second-order valence-corrected chi connectivity index (χ2v) is 16.9. The van der Waals surface area contributed by atoms with Gasteiger partial charge in [0.25, 0.3) is 0 Å². The van der Waals surface area contributed by atoms with E-state index >= 15 is 0 Å². The second kappa shape index (κ2) is 16.7. The summed E-state index contributed by atoms with van der Waals surface area (Å²) in [6.45, 7) is 16.0. The van der Waals surface area contributed by atoms with E-state index in [1.54, 1.807) is 25.7 Å². The highest BCUT2D eigenvalue weighted by Crippen LogP contribution is 2.44. The normalized spacial score (nSPS) is 40.5. The fourth-order valence-corrected chi connectivity index (χ4v) is 9.48. The zero-order valence-corrected chi connectivity index (χ0v) is 34.0. The number of aliphatic hydroxyl groups is 1. The molecule has 1 aromatic carbocycles. The van der Waals surface area contributed by atoms with Crippen molar-refractivity contribution < 1.29 is 48.0 Å². The monoisotopic (exact) mass is 757 g/mol. The Hall–Kier alpha value is -2.94. The minimum Gasteiger partial charge on any atom is -0.458 e. The number of likely N-dealkylation sites (N-methyl/N-ethyl adjacent to an activating group) is 1. The smallest absolute Gasteiger partial charge is 0.411 e. The molecule has 4 fully saturated rings. The minimum absolute atomic E-state index is 0.127. The van der Waals surface area contributed by atoms with Crippen molar-refractivity contribution in [3.8, 4) is 0 Å². The lowest BCUT2D eigenvalue weighted by molar-refractivity contribution is -0.295. The molecular formula is C41H63N3O10. The van der Waals surface area contributed by atoms with Crippen LogP contribution in [0.3, 0.4) is 0 Å². The third-order valence-electron chi connectivity index (χ3n) is 12.7. The highest BCUT2D eigenvalue weighted by molar-refractivity contribution is 6.00. The van der Waals surface area contributed by atoms with Crippen molar-refractivity contribution in [1.29, 1.82) is 0 Å². The summed E-state index contributed by atoms with van der Waals surface area (Å²) in [5.74, 6) is -4.83. The van der Waals surface area contributed by atoms with Gasteiger partial charge in [0.1, 0.15) is 23.9 Å². The van der Waals surface area contributed by atoms with Gasteiger partial charge in [0.15, 0.2) is 17.7 Å². The molecule has 0 radical (unpaired) electrons. The molecule has 0 saturated carbocycles. The third kappa shape index (κ3) is 8.13. The number of nitrogens with zero attached hydrogens (tertiary/aromatic N) is 3. The molecule has 13 nitrogen and oxygen atoms in total. The lowest BCUT2D eigenvalue weighted by atomic mass is 9.73. The Morgan fingerprint density at radius 2 is 1.61 bits per heavy atom. The van der Waals surface area contributed by atoms with Crippen LogP contribution in [0.15, 0.2) is 30.3 Å². The van der Waals surface area contributed by atoms with Crippen LogP contribution in [0.4, 0.5) is 4.79 Å². The lowest BCUT2D eigenvalue weighted by Gasteiger charge is -2.48. The van der Waals surface area contributed by atoms with Gasteiger partial charge in [0.2, 0.25) is 0 Å². The van der Waals surface area contributed by atoms with Crippen molar-refractivity contribution in [3.05, 3.63) is 35.9 Å². The summed E-state index contributed by atoms with van der Waals surface area (Å²) in [5, 5.41) is 11.4. The summed E-state index contributed by atoms with van der Waals surface area (Å²) in [7, 11) is 5.26. The van der Waals surface area contributed by atoms with Crippen molar-refractivity contribution in [1.82, 2.24) is 14.7 Å². The summed E-state index contributed by atoms with van der Waals surface area (Å²) in [6, 6.07) is 8.85. The summed E-state index contributed by atoms with van der Waals surface area (Å²) >= 11 is 0. The highest BCUT2D eigenvalue weighted by Gasteiger charge is 2.62. The molecule has 0 unspecified atom stereocenters. The van der Waals surface area contributed by atoms with Crippen molar-refractivity contribution in [3.63, 3.8) is 0 Å². The number of esters is 1. The Kier molecular flexibility index (Phi) is 13.0. The largest absolute Gasteiger partial charge is 0.458 e. The molecule has 4 aliphatic heterocycles. The van der Waals surface area contributed by atoms with E-state index in [0.717, 1.165) is 12.1 Å². The molecule has 0 aliphatic carbocycles. The van der Waals surface area contributed by atoms with Crippen LogP contribution < -0.4 is 0 Å². The zero-order chi connectivity index (χ0) is 39.9. The van der Waals surface area contributed by atoms with Gasteiger partial charge in [-0.3, -0.25) is 24.2 Å². The van der Waals surface area contributed by atoms with Gasteiger partial charge in [-0.2, -0.15) is 0 Å². The van der Waals surface area contributed by atoms with E-state index in [9.17, 15) is 24.3 Å². The summed E-state index contributed by atoms with van der Waals surface area (Å²) in [6.07, 6.45) is -3.91. The van der Waals surface area contributed by atoms with E-state index in [4.69, 9.17) is 23.7 Å². The van der Waals surface area contributed by atoms with Gasteiger partial charge >= 0.3 is 12.1 Å². The predicted molar refractivity (Wildman–Crippen MR) is 200 cm³/mol. The Bertz CT molecular complexity index is 1500. The standard InChI is InChI=1S/C41H63N3O10/c1-12-31-41(8)35(44(39(49)54-41)29-21-43(22-29)20-28-16-14-13-15-17-28)25(4)32(45)23(2)19-40(7,50-11)36(26(5)33(46)27(6)37(48)52-31)53-38-34(47)30(42(9)10)18-24(3)51-38/h13-17,23-27,29-31,34-36,38,47H,12,18-22H2,1-11H3/t23-,24-,25+,26+,27-,30+,31-,34-,35-,36-,38+,40-,41-/m1/s1. The van der Waals surface area contributed by atoms with E-state index in [-0.39, 0.29) is 36.8 Å². The van der Waals surface area contributed by atoms with Crippen LogP contribution in [0.2, 0.25) is 0 Å². The molecule has 0 spiro atoms. The molecule has 5 rings (SSSR count). The van der Waals surface area contributed by atoms with E-state index in [1.165, 1.54) is 14.0 Å². The number of carbonyl (C=O) groups is 4. The molecular weight excluding hydrogens is 694 g/mol. The number of ketones is 2. The van der Waals surface area contributed by atoms with Gasteiger partial charge in [-0.25, -0.2) is 4.79 Å². The lowest BCUT2D eigenvalue weighted by Crippen LogP contribution is -2.65. The van der Waals surface area contributed by atoms with Crippen LogP contribution in [-0.2, 0) is 44.6 Å². The quantitative estimate of drug-likeness (QED) is 0.302. The Morgan fingerprint density at radius 1 is 0.963 bits per heavy atom. The van der Waals surface area contributed by atoms with Gasteiger partial charge in [0.05, 0.1) is 29.9 Å². The summed E-state index contributed by atoms with van der Waals surface area (Å²) in [5.41, 5.74) is -1.47. The number of fused-ring (bicyclic) bond motifs is 1. The molecule has 4 saturated heterocycles. The Balaban J connectivity index is 1.50. The molecule has 13 heteroatoms. The maximum atomic E-state index is 14.7. The van der Waals surface area contributed by atoms with Crippen LogP contribution in [0.1, 0.15) is 80.2 Å². The van der Waals surface area contributed by atoms with Crippen LogP contribution in [0.25, 0.3) is 0 Å². The number of benzene rings is 1. The molecule has 0 bridgehead atoms. The molecule has 4 heterocycles. The molecule has 4 aliphatic rings. The molecule has 54 heavy (non-hydrogen) atoms. The predicted octanol–water partition coefficient (Wildman–Crippen LogP) is 4.07. The van der Waals surface area contributed by atoms with Crippen LogP contribution in [0.5, 0.6) is 0 Å². The first-order valence-corrected chi connectivity index (χ1v) is 19.6. The number of rotatable bonds is 8. The molecule has 1 aromatic rings. The average Bonchev–Trinajstić information content (AvgIpc) is 3.39. The van der Waals surface area contributed by atoms with E-state index < -0.39 is 83.4 Å². The second-order valence-electron chi connectivity index (χ2n) is 16.9. The van der Waals surface area contributed by atoms with E-state index in [0.29, 0.717) is 19.5 Å². The maximum Gasteiger partial charge on any atom is 0.411 e. The first-order chi connectivity index (χ1) is 25.4. The number of Topliss-reactive ketones (excluding diaryl/α,β-unsaturated/α-hetero) is 2. The number of cyclic esters (lactones) is 1. The SMILES string of the molecule is CC[C@H]1OC(=O)[C@H](C)C(=O)[C@H](C)[C@@H](O[C@@H]2O[C@H](C)C[C@H](N(C)C)[C@H]2O)[C@](C)(OC)C[C@@H](C)C(=O)[C@H](C)[C@H]2N(C3CN(Cc4ccccc4)C3)C(=O)O[C@]12C. The number of hydrogen-bond acceptors (Lipinski definition) is 12. The number of ether oxygens (including phenoxy) is 5. The van der Waals surface area contributed by atoms with E-state index in [1.807, 2.05) is 64.9 Å². The maximum absolute atomic E-state index is 14.7. The fourth-order valence-electron chi connectivity index (χ4n) is 9.48. The van der Waals surface area contributed by atoms with Crippen LogP contribution >= 0.6 is 0 Å². The fraction of sp³-hybridized carbons (Fsp3) is 0.756. The van der Waals surface area contributed by atoms with Crippen molar-refractivity contribution in [2.75, 3.05) is 34.3 Å². The van der Waals surface area contributed by atoms with Crippen molar-refractivity contribution >= 4 is 23.6 Å². The van der Waals surface area contributed by atoms with Crippen molar-refractivity contribution in [2.45, 2.75) is 141 Å².